The molecule has 0 bridgehead atoms. The summed E-state index contributed by atoms with van der Waals surface area (Å²) >= 11 is 0. The fourth-order valence-corrected chi connectivity index (χ4v) is 6.94. The van der Waals surface area contributed by atoms with E-state index in [0.29, 0.717) is 38.2 Å². The van der Waals surface area contributed by atoms with Crippen LogP contribution in [0, 0.1) is 29.5 Å². The molecule has 2 saturated heterocycles. The molecule has 0 amide bonds. The second kappa shape index (κ2) is 19.9. The predicted molar refractivity (Wildman–Crippen MR) is 192 cm³/mol. The molecular formula is C36H47Cl3FN3O5. The Hall–Kier alpha value is -2.92. The van der Waals surface area contributed by atoms with Gasteiger partial charge in [-0.25, -0.2) is 4.39 Å². The molecule has 0 radical (unpaired) electrons. The molecule has 3 aromatic rings. The van der Waals surface area contributed by atoms with E-state index in [1.54, 1.807) is 0 Å². The van der Waals surface area contributed by atoms with Crippen molar-refractivity contribution in [2.24, 2.45) is 23.7 Å². The molecule has 12 heteroatoms. The molecular weight excluding hydrogens is 680 g/mol. The highest BCUT2D eigenvalue weighted by Gasteiger charge is 2.31. The molecule has 2 aliphatic rings. The number of benzene rings is 3. The van der Waals surface area contributed by atoms with Crippen LogP contribution in [0.2, 0.25) is 0 Å². The molecule has 0 aromatic heterocycles. The number of hydrogen-bond donors (Lipinski definition) is 4. The highest BCUT2D eigenvalue weighted by molar-refractivity contribution is 5.86. The first-order valence-corrected chi connectivity index (χ1v) is 15.9. The highest BCUT2D eigenvalue weighted by atomic mass is 35.5. The molecule has 2 heterocycles. The summed E-state index contributed by atoms with van der Waals surface area (Å²) in [5, 5.41) is 26.5. The smallest absolute Gasteiger partial charge is 0.307 e. The minimum absolute atomic E-state index is 0. The van der Waals surface area contributed by atoms with E-state index >= 15 is 0 Å². The minimum atomic E-state index is -0.759. The van der Waals surface area contributed by atoms with E-state index in [2.05, 4.69) is 27.7 Å². The van der Waals surface area contributed by atoms with Crippen LogP contribution in [0.5, 0.6) is 5.75 Å². The van der Waals surface area contributed by atoms with Crippen LogP contribution >= 0.6 is 37.2 Å². The minimum Gasteiger partial charge on any atom is -0.497 e. The van der Waals surface area contributed by atoms with Gasteiger partial charge >= 0.3 is 11.9 Å². The lowest BCUT2D eigenvalue weighted by Gasteiger charge is -2.24. The first-order chi connectivity index (χ1) is 21.8. The van der Waals surface area contributed by atoms with Gasteiger partial charge in [-0.1, -0.05) is 48.5 Å². The van der Waals surface area contributed by atoms with E-state index in [0.717, 1.165) is 66.8 Å². The number of carbonyl (C=O) groups is 2. The number of hydrogen-bond acceptors (Lipinski definition) is 6. The summed E-state index contributed by atoms with van der Waals surface area (Å²) in [6.07, 6.45) is 2.68. The Balaban J connectivity index is 0.00000267. The van der Waals surface area contributed by atoms with Crippen LogP contribution in [-0.2, 0) is 42.1 Å². The summed E-state index contributed by atoms with van der Waals surface area (Å²) in [6, 6.07) is 20.9. The molecule has 2 aliphatic heterocycles. The third-order valence-corrected chi connectivity index (χ3v) is 9.25. The molecule has 0 saturated carbocycles. The molecule has 4 atom stereocenters. The zero-order valence-electron chi connectivity index (χ0n) is 27.1. The lowest BCUT2D eigenvalue weighted by molar-refractivity contribution is -0.144. The molecule has 3 aromatic carbocycles. The van der Waals surface area contributed by atoms with E-state index in [4.69, 9.17) is 4.74 Å². The number of nitrogens with zero attached hydrogens (tertiary/aromatic N) is 1. The highest BCUT2D eigenvalue weighted by Crippen LogP contribution is 2.27. The van der Waals surface area contributed by atoms with E-state index in [1.165, 1.54) is 19.2 Å². The number of rotatable bonds is 15. The second-order valence-electron chi connectivity index (χ2n) is 12.6. The molecule has 4 N–H and O–H groups in total. The van der Waals surface area contributed by atoms with Gasteiger partial charge in [0.15, 0.2) is 0 Å². The fourth-order valence-electron chi connectivity index (χ4n) is 6.94. The average Bonchev–Trinajstić information content (AvgIpc) is 3.74. The Bertz CT molecular complexity index is 1390. The van der Waals surface area contributed by atoms with Crippen molar-refractivity contribution in [2.75, 3.05) is 33.3 Å². The molecule has 2 fully saturated rings. The van der Waals surface area contributed by atoms with Gasteiger partial charge < -0.3 is 25.6 Å². The van der Waals surface area contributed by atoms with Crippen LogP contribution in [0.15, 0.2) is 66.7 Å². The maximum absolute atomic E-state index is 14.5. The Morgan fingerprint density at radius 1 is 0.750 bits per heavy atom. The molecule has 48 heavy (non-hydrogen) atoms. The van der Waals surface area contributed by atoms with Crippen LogP contribution < -0.4 is 15.4 Å². The lowest BCUT2D eigenvalue weighted by atomic mass is 9.86. The van der Waals surface area contributed by atoms with Gasteiger partial charge in [0.2, 0.25) is 0 Å². The van der Waals surface area contributed by atoms with Gasteiger partial charge in [-0.3, -0.25) is 14.5 Å². The molecule has 264 valence electrons. The number of methoxy groups -OCH3 is 1. The number of ether oxygens (including phenoxy) is 1. The Kier molecular flexibility index (Phi) is 17.1. The zero-order valence-corrected chi connectivity index (χ0v) is 29.6. The predicted octanol–water partition coefficient (Wildman–Crippen LogP) is 6.01. The number of halogens is 4. The largest absolute Gasteiger partial charge is 0.497 e. The SMILES string of the molecule is COc1cc(F)cc(CN(Cc2cccc(C[C@H](C(=O)O)[C@H]3CCNC3)c2)Cc2cccc(C[C@H](C(=O)O)[C@H]3CCNC3)c2)c1.Cl.Cl.Cl. The topological polar surface area (TPSA) is 111 Å². The maximum atomic E-state index is 14.5. The summed E-state index contributed by atoms with van der Waals surface area (Å²) in [7, 11) is 1.52. The molecule has 8 nitrogen and oxygen atoms in total. The van der Waals surface area contributed by atoms with Crippen LogP contribution in [0.4, 0.5) is 4.39 Å². The van der Waals surface area contributed by atoms with Crippen molar-refractivity contribution in [3.63, 3.8) is 0 Å². The molecule has 0 aliphatic carbocycles. The second-order valence-corrected chi connectivity index (χ2v) is 12.6. The van der Waals surface area contributed by atoms with Crippen molar-refractivity contribution in [2.45, 2.75) is 45.3 Å². The van der Waals surface area contributed by atoms with Gasteiger partial charge in [0.05, 0.1) is 18.9 Å². The number of carboxylic acids is 2. The van der Waals surface area contributed by atoms with E-state index in [1.807, 2.05) is 42.5 Å². The molecule has 0 unspecified atom stereocenters. The van der Waals surface area contributed by atoms with Crippen molar-refractivity contribution in [3.8, 4) is 5.75 Å². The summed E-state index contributed by atoms with van der Waals surface area (Å²) in [5.41, 5.74) is 4.84. The standard InChI is InChI=1S/C36H44FN3O5.3ClH/c1-45-32-15-28(14-31(37)18-32)23-40(21-26-6-2-4-24(12-26)16-33(35(41)42)29-8-10-38-19-29)22-27-7-3-5-25(13-27)17-34(36(43)44)30-9-11-39-20-30;;;/h2-7,12-15,18,29-30,33-34,38-39H,8-11,16-17,19-23H2,1H3,(H,41,42)(H,43,44);3*1H/t29-,30-,33-,34-;;;/m0.../s1. The van der Waals surface area contributed by atoms with Gasteiger partial charge in [0.25, 0.3) is 0 Å². The fraction of sp³-hybridized carbons (Fsp3) is 0.444. The maximum Gasteiger partial charge on any atom is 0.307 e. The van der Waals surface area contributed by atoms with E-state index in [9.17, 15) is 24.2 Å². The van der Waals surface area contributed by atoms with Crippen LogP contribution in [0.25, 0.3) is 0 Å². The summed E-state index contributed by atoms with van der Waals surface area (Å²) in [4.78, 5) is 26.5. The number of aliphatic carboxylic acids is 2. The third kappa shape index (κ3) is 11.6. The number of carboxylic acid groups (broad SMARTS) is 2. The first kappa shape index (κ1) is 41.3. The van der Waals surface area contributed by atoms with Gasteiger partial charge in [0, 0.05) is 25.7 Å². The Morgan fingerprint density at radius 2 is 1.21 bits per heavy atom. The van der Waals surface area contributed by atoms with Crippen molar-refractivity contribution >= 4 is 49.2 Å². The molecule has 0 spiro atoms. The summed E-state index contributed by atoms with van der Waals surface area (Å²) in [5.74, 6) is -2.08. The summed E-state index contributed by atoms with van der Waals surface area (Å²) in [6.45, 7) is 4.74. The van der Waals surface area contributed by atoms with Gasteiger partial charge in [-0.05, 0) is 104 Å². The van der Waals surface area contributed by atoms with E-state index < -0.39 is 23.8 Å². The average molecular weight is 727 g/mol. The van der Waals surface area contributed by atoms with Crippen LogP contribution in [0.3, 0.4) is 0 Å². The quantitative estimate of drug-likeness (QED) is 0.151. The van der Waals surface area contributed by atoms with Crippen molar-refractivity contribution in [1.29, 1.82) is 0 Å². The Morgan fingerprint density at radius 3 is 1.62 bits per heavy atom. The van der Waals surface area contributed by atoms with Crippen LogP contribution in [-0.4, -0.2) is 60.3 Å². The van der Waals surface area contributed by atoms with Gasteiger partial charge in [0.1, 0.15) is 11.6 Å². The monoisotopic (exact) mass is 725 g/mol. The third-order valence-electron chi connectivity index (χ3n) is 9.25. The molecule has 5 rings (SSSR count). The number of nitrogens with one attached hydrogen (secondary N) is 2. The van der Waals surface area contributed by atoms with Crippen molar-refractivity contribution in [3.05, 3.63) is 100 Å². The van der Waals surface area contributed by atoms with Gasteiger partial charge in [-0.2, -0.15) is 0 Å². The van der Waals surface area contributed by atoms with Gasteiger partial charge in [-0.15, -0.1) is 37.2 Å². The Labute approximate surface area is 301 Å². The zero-order chi connectivity index (χ0) is 31.8. The first-order valence-electron chi connectivity index (χ1n) is 15.9. The van der Waals surface area contributed by atoms with Crippen LogP contribution in [0.1, 0.15) is 40.7 Å². The summed E-state index contributed by atoms with van der Waals surface area (Å²) < 4.78 is 19.8. The normalized spacial score (nSPS) is 18.2. The van der Waals surface area contributed by atoms with Crippen molar-refractivity contribution < 1.29 is 28.9 Å². The van der Waals surface area contributed by atoms with Crippen molar-refractivity contribution in [1.82, 2.24) is 15.5 Å². The lowest BCUT2D eigenvalue weighted by Crippen LogP contribution is -2.27. The van der Waals surface area contributed by atoms with E-state index in [-0.39, 0.29) is 54.9 Å².